The first-order valence-corrected chi connectivity index (χ1v) is 12.2. The van der Waals surface area contributed by atoms with Gasteiger partial charge in [-0.2, -0.15) is 0 Å². The quantitative estimate of drug-likeness (QED) is 0.485. The van der Waals surface area contributed by atoms with Crippen molar-refractivity contribution in [3.63, 3.8) is 0 Å². The maximum atomic E-state index is 4.16. The molecule has 1 heterocycles. The highest BCUT2D eigenvalue weighted by Crippen LogP contribution is 2.66. The summed E-state index contributed by atoms with van der Waals surface area (Å²) >= 11 is 0. The molecule has 2 unspecified atom stereocenters. The van der Waals surface area contributed by atoms with Crippen LogP contribution in [0.5, 0.6) is 0 Å². The molecule has 4 saturated carbocycles. The predicted molar refractivity (Wildman–Crippen MR) is 129 cm³/mol. The fourth-order valence-corrected chi connectivity index (χ4v) is 8.53. The number of rotatable bonds is 5. The zero-order valence-corrected chi connectivity index (χ0v) is 19.4. The minimum absolute atomic E-state index is 0.350. The molecule has 31 heavy (non-hydrogen) atoms. The Kier molecular flexibility index (Phi) is 4.25. The van der Waals surface area contributed by atoms with E-state index in [4.69, 9.17) is 0 Å². The lowest BCUT2D eigenvalue weighted by Gasteiger charge is -2.65. The van der Waals surface area contributed by atoms with Gasteiger partial charge in [-0.25, -0.2) is 0 Å². The number of aromatic nitrogens is 1. The van der Waals surface area contributed by atoms with Crippen LogP contribution >= 0.6 is 0 Å². The highest BCUT2D eigenvalue weighted by molar-refractivity contribution is 5.84. The molecular formula is C29H36N2. The number of aryl methyl sites for hydroxylation is 1. The minimum Gasteiger partial charge on any atom is -0.343 e. The summed E-state index contributed by atoms with van der Waals surface area (Å²) in [6.07, 6.45) is 10.9. The number of benzene rings is 2. The molecule has 1 aromatic heterocycles. The van der Waals surface area contributed by atoms with Gasteiger partial charge in [-0.3, -0.25) is 0 Å². The molecule has 2 nitrogen and oxygen atoms in total. The van der Waals surface area contributed by atoms with Crippen LogP contribution in [0.3, 0.4) is 0 Å². The summed E-state index contributed by atoms with van der Waals surface area (Å²) in [7, 11) is 0. The molecule has 1 N–H and O–H groups in total. The Balaban J connectivity index is 1.29. The lowest BCUT2D eigenvalue weighted by atomic mass is 9.43. The van der Waals surface area contributed by atoms with Crippen molar-refractivity contribution in [2.24, 2.45) is 16.7 Å². The lowest BCUT2D eigenvalue weighted by molar-refractivity contribution is -0.118. The zero-order chi connectivity index (χ0) is 21.3. The normalized spacial score (nSPS) is 34.0. The molecule has 4 bridgehead atoms. The Labute approximate surface area is 187 Å². The highest BCUT2D eigenvalue weighted by atomic mass is 15.0. The van der Waals surface area contributed by atoms with Crippen molar-refractivity contribution in [2.75, 3.05) is 0 Å². The Bertz CT molecular complexity index is 1120. The first-order chi connectivity index (χ1) is 14.8. The van der Waals surface area contributed by atoms with Crippen molar-refractivity contribution in [3.05, 3.63) is 71.4 Å². The molecule has 0 amide bonds. The second-order valence-electron chi connectivity index (χ2n) is 12.1. The van der Waals surface area contributed by atoms with Crippen molar-refractivity contribution in [2.45, 2.75) is 77.9 Å². The molecule has 2 aromatic carbocycles. The Morgan fingerprint density at radius 1 is 0.935 bits per heavy atom. The molecule has 162 valence electrons. The Hall–Kier alpha value is -2.06. The third-order valence-corrected chi connectivity index (χ3v) is 8.59. The molecule has 7 rings (SSSR count). The van der Waals surface area contributed by atoms with Gasteiger partial charge in [0.15, 0.2) is 0 Å². The van der Waals surface area contributed by atoms with E-state index in [0.29, 0.717) is 16.4 Å². The van der Waals surface area contributed by atoms with Gasteiger partial charge in [0.05, 0.1) is 0 Å². The molecule has 4 aliphatic carbocycles. The van der Waals surface area contributed by atoms with Gasteiger partial charge < -0.3 is 9.88 Å². The lowest BCUT2D eigenvalue weighted by Crippen LogP contribution is -2.63. The molecule has 0 aliphatic heterocycles. The topological polar surface area (TPSA) is 17.0 Å². The van der Waals surface area contributed by atoms with Crippen LogP contribution in [0.15, 0.2) is 54.7 Å². The van der Waals surface area contributed by atoms with Gasteiger partial charge >= 0.3 is 0 Å². The average molecular weight is 413 g/mol. The van der Waals surface area contributed by atoms with Gasteiger partial charge in [-0.1, -0.05) is 61.9 Å². The van der Waals surface area contributed by atoms with Crippen LogP contribution in [-0.2, 0) is 13.1 Å². The summed E-state index contributed by atoms with van der Waals surface area (Å²) in [5, 5.41) is 5.57. The van der Waals surface area contributed by atoms with E-state index in [0.717, 1.165) is 19.0 Å². The first kappa shape index (κ1) is 19.6. The van der Waals surface area contributed by atoms with Crippen molar-refractivity contribution in [3.8, 4) is 0 Å². The predicted octanol–water partition coefficient (Wildman–Crippen LogP) is 6.84. The maximum absolute atomic E-state index is 4.16. The molecule has 0 saturated heterocycles. The number of nitrogens with zero attached hydrogens (tertiary/aromatic N) is 1. The number of fused-ring (bicyclic) bond motifs is 1. The molecular weight excluding hydrogens is 376 g/mol. The van der Waals surface area contributed by atoms with E-state index in [1.807, 2.05) is 0 Å². The fourth-order valence-electron chi connectivity index (χ4n) is 8.53. The second kappa shape index (κ2) is 6.72. The smallest absolute Gasteiger partial charge is 0.0486 e. The summed E-state index contributed by atoms with van der Waals surface area (Å²) < 4.78 is 2.45. The van der Waals surface area contributed by atoms with E-state index in [1.54, 1.807) is 0 Å². The largest absolute Gasteiger partial charge is 0.343 e. The monoisotopic (exact) mass is 412 g/mol. The summed E-state index contributed by atoms with van der Waals surface area (Å²) in [6.45, 7) is 9.24. The standard InChI is InChI=1S/C29H36N2/c1-21-7-6-8-22(11-21)16-31-17-24(25-9-4-5-10-26(25)31)15-30-29-14-23-12-27(2,19-29)18-28(3,13-23)20-29/h4-11,17,23,30H,12-16,18-20H2,1-3H3/t23?,27-,28+,29?. The van der Waals surface area contributed by atoms with Crippen molar-refractivity contribution >= 4 is 10.9 Å². The van der Waals surface area contributed by atoms with Crippen LogP contribution in [0.4, 0.5) is 0 Å². The molecule has 4 atom stereocenters. The van der Waals surface area contributed by atoms with Gasteiger partial charge in [0.2, 0.25) is 0 Å². The minimum atomic E-state index is 0.350. The Morgan fingerprint density at radius 3 is 2.45 bits per heavy atom. The van der Waals surface area contributed by atoms with E-state index < -0.39 is 0 Å². The molecule has 0 spiro atoms. The third-order valence-electron chi connectivity index (χ3n) is 8.59. The Morgan fingerprint density at radius 2 is 1.71 bits per heavy atom. The van der Waals surface area contributed by atoms with Crippen LogP contribution in [-0.4, -0.2) is 10.1 Å². The van der Waals surface area contributed by atoms with Crippen molar-refractivity contribution in [1.82, 2.24) is 9.88 Å². The SMILES string of the molecule is Cc1cccc(Cn2cc(CNC34CC5C[C@@](C)(C3)C[C@](C)(C5)C4)c3ccccc32)c1. The van der Waals surface area contributed by atoms with Gasteiger partial charge in [0.25, 0.3) is 0 Å². The second-order valence-corrected chi connectivity index (χ2v) is 12.1. The summed E-state index contributed by atoms with van der Waals surface area (Å²) in [6, 6.07) is 17.9. The molecule has 3 aromatic rings. The number of hydrogen-bond acceptors (Lipinski definition) is 1. The third kappa shape index (κ3) is 3.44. The van der Waals surface area contributed by atoms with Gasteiger partial charge in [0.1, 0.15) is 0 Å². The van der Waals surface area contributed by atoms with Crippen LogP contribution in [0.1, 0.15) is 69.1 Å². The van der Waals surface area contributed by atoms with Crippen LogP contribution in [0.25, 0.3) is 10.9 Å². The van der Waals surface area contributed by atoms with Gasteiger partial charge in [0, 0.05) is 35.7 Å². The molecule has 4 aliphatic rings. The van der Waals surface area contributed by atoms with E-state index >= 15 is 0 Å². The van der Waals surface area contributed by atoms with Crippen molar-refractivity contribution < 1.29 is 0 Å². The number of hydrogen-bond donors (Lipinski definition) is 1. The average Bonchev–Trinajstić information content (AvgIpc) is 3.02. The van der Waals surface area contributed by atoms with Gasteiger partial charge in [-0.05, 0) is 79.4 Å². The summed E-state index contributed by atoms with van der Waals surface area (Å²) in [5.41, 5.74) is 6.98. The van der Waals surface area contributed by atoms with E-state index in [-0.39, 0.29) is 0 Å². The van der Waals surface area contributed by atoms with Crippen LogP contribution in [0, 0.1) is 23.7 Å². The summed E-state index contributed by atoms with van der Waals surface area (Å²) in [4.78, 5) is 0. The van der Waals surface area contributed by atoms with E-state index in [1.165, 1.54) is 66.1 Å². The highest BCUT2D eigenvalue weighted by Gasteiger charge is 2.59. The first-order valence-electron chi connectivity index (χ1n) is 12.2. The van der Waals surface area contributed by atoms with Crippen molar-refractivity contribution in [1.29, 1.82) is 0 Å². The van der Waals surface area contributed by atoms with Gasteiger partial charge in [-0.15, -0.1) is 0 Å². The molecule has 4 fully saturated rings. The zero-order valence-electron chi connectivity index (χ0n) is 19.4. The van der Waals surface area contributed by atoms with E-state index in [9.17, 15) is 0 Å². The maximum Gasteiger partial charge on any atom is 0.0486 e. The summed E-state index contributed by atoms with van der Waals surface area (Å²) in [5.74, 6) is 0.932. The van der Waals surface area contributed by atoms with E-state index in [2.05, 4.69) is 85.4 Å². The molecule has 0 radical (unpaired) electrons. The fraction of sp³-hybridized carbons (Fsp3) is 0.517. The number of nitrogens with one attached hydrogen (secondary N) is 1. The number of para-hydroxylation sites is 1. The van der Waals surface area contributed by atoms with Crippen LogP contribution < -0.4 is 5.32 Å². The molecule has 2 heteroatoms. The van der Waals surface area contributed by atoms with Crippen LogP contribution in [0.2, 0.25) is 0 Å².